The average molecular weight is 305 g/mol. The molecule has 0 aromatic heterocycles. The standard InChI is InChI=1S/C13H11N3O6/c1-22-9-3-5-11(13(17)7-9)14-10-4-2-8(15(18)19)6-12(10)16(20)21/h2-7,14,17H,1H3. The number of benzene rings is 2. The first-order valence-corrected chi connectivity index (χ1v) is 5.99. The number of methoxy groups -OCH3 is 1. The second-order valence-electron chi connectivity index (χ2n) is 4.22. The largest absolute Gasteiger partial charge is 0.506 e. The first kappa shape index (κ1) is 15.0. The summed E-state index contributed by atoms with van der Waals surface area (Å²) in [7, 11) is 1.43. The molecule has 9 nitrogen and oxygen atoms in total. The Labute approximate surface area is 124 Å². The Balaban J connectivity index is 2.41. The second kappa shape index (κ2) is 5.95. The maximum Gasteiger partial charge on any atom is 0.299 e. The fourth-order valence-corrected chi connectivity index (χ4v) is 1.78. The Morgan fingerprint density at radius 3 is 2.27 bits per heavy atom. The van der Waals surface area contributed by atoms with Crippen LogP contribution in [-0.2, 0) is 0 Å². The lowest BCUT2D eigenvalue weighted by Gasteiger charge is -2.10. The van der Waals surface area contributed by atoms with Gasteiger partial charge in [0.05, 0.1) is 28.7 Å². The smallest absolute Gasteiger partial charge is 0.299 e. The number of hydrogen-bond donors (Lipinski definition) is 2. The zero-order chi connectivity index (χ0) is 16.3. The van der Waals surface area contributed by atoms with Crippen molar-refractivity contribution in [3.05, 3.63) is 56.6 Å². The van der Waals surface area contributed by atoms with Gasteiger partial charge in [-0.05, 0) is 18.2 Å². The van der Waals surface area contributed by atoms with Crippen molar-refractivity contribution in [3.63, 3.8) is 0 Å². The van der Waals surface area contributed by atoms with E-state index in [4.69, 9.17) is 4.74 Å². The Bertz CT molecular complexity index is 747. The molecule has 114 valence electrons. The number of nitro groups is 2. The third-order valence-electron chi connectivity index (χ3n) is 2.86. The molecule has 0 aliphatic heterocycles. The van der Waals surface area contributed by atoms with E-state index in [-0.39, 0.29) is 17.1 Å². The minimum Gasteiger partial charge on any atom is -0.506 e. The van der Waals surface area contributed by atoms with E-state index < -0.39 is 21.2 Å². The van der Waals surface area contributed by atoms with Crippen LogP contribution in [0, 0.1) is 20.2 Å². The van der Waals surface area contributed by atoms with Crippen LogP contribution in [0.2, 0.25) is 0 Å². The van der Waals surface area contributed by atoms with Crippen molar-refractivity contribution in [2.24, 2.45) is 0 Å². The zero-order valence-corrected chi connectivity index (χ0v) is 11.3. The van der Waals surface area contributed by atoms with Crippen LogP contribution in [-0.4, -0.2) is 22.1 Å². The third-order valence-corrected chi connectivity index (χ3v) is 2.86. The molecule has 2 rings (SSSR count). The Kier molecular flexibility index (Phi) is 4.07. The molecule has 0 aliphatic rings. The molecule has 22 heavy (non-hydrogen) atoms. The minimum atomic E-state index is -0.740. The number of ether oxygens (including phenoxy) is 1. The van der Waals surface area contributed by atoms with E-state index in [2.05, 4.69) is 5.32 Å². The normalized spacial score (nSPS) is 10.0. The van der Waals surface area contributed by atoms with Gasteiger partial charge in [-0.2, -0.15) is 0 Å². The molecule has 0 heterocycles. The number of hydrogen-bond acceptors (Lipinski definition) is 7. The SMILES string of the molecule is COc1ccc(Nc2ccc([N+](=O)[O-])cc2[N+](=O)[O-])c(O)c1. The monoisotopic (exact) mass is 305 g/mol. The van der Waals surface area contributed by atoms with Crippen LogP contribution in [0.25, 0.3) is 0 Å². The van der Waals surface area contributed by atoms with Crippen molar-refractivity contribution in [2.45, 2.75) is 0 Å². The molecule has 0 amide bonds. The topological polar surface area (TPSA) is 128 Å². The molecule has 2 aromatic rings. The Morgan fingerprint density at radius 2 is 1.73 bits per heavy atom. The number of nitrogens with zero attached hydrogens (tertiary/aromatic N) is 2. The quantitative estimate of drug-likeness (QED) is 0.493. The van der Waals surface area contributed by atoms with Gasteiger partial charge in [-0.3, -0.25) is 20.2 Å². The number of non-ortho nitro benzene ring substituents is 1. The summed E-state index contributed by atoms with van der Waals surface area (Å²) in [5.74, 6) is 0.244. The van der Waals surface area contributed by atoms with Crippen LogP contribution in [0.4, 0.5) is 22.7 Å². The number of phenolic OH excluding ortho intramolecular Hbond substituents is 1. The summed E-state index contributed by atoms with van der Waals surface area (Å²) in [5, 5.41) is 34.2. The maximum atomic E-state index is 11.0. The molecule has 2 N–H and O–H groups in total. The molecule has 0 bridgehead atoms. The van der Waals surface area contributed by atoms with Gasteiger partial charge in [0, 0.05) is 12.1 Å². The molecular formula is C13H11N3O6. The van der Waals surface area contributed by atoms with Gasteiger partial charge in [-0.15, -0.1) is 0 Å². The zero-order valence-electron chi connectivity index (χ0n) is 11.3. The highest BCUT2D eigenvalue weighted by atomic mass is 16.6. The number of nitrogens with one attached hydrogen (secondary N) is 1. The van der Waals surface area contributed by atoms with E-state index in [1.165, 1.54) is 25.3 Å². The van der Waals surface area contributed by atoms with Crippen molar-refractivity contribution < 1.29 is 19.7 Å². The van der Waals surface area contributed by atoms with Gasteiger partial charge in [-0.1, -0.05) is 0 Å². The molecule has 0 unspecified atom stereocenters. The first-order chi connectivity index (χ1) is 10.4. The van der Waals surface area contributed by atoms with Gasteiger partial charge in [0.2, 0.25) is 0 Å². The number of aromatic hydroxyl groups is 1. The third kappa shape index (κ3) is 3.03. The van der Waals surface area contributed by atoms with E-state index in [1.54, 1.807) is 6.07 Å². The molecule has 9 heteroatoms. The Morgan fingerprint density at radius 1 is 1.05 bits per heavy atom. The van der Waals surface area contributed by atoms with Crippen molar-refractivity contribution in [2.75, 3.05) is 12.4 Å². The fourth-order valence-electron chi connectivity index (χ4n) is 1.78. The van der Waals surface area contributed by atoms with E-state index >= 15 is 0 Å². The fraction of sp³-hybridized carbons (Fsp3) is 0.0769. The molecule has 0 spiro atoms. The molecule has 0 fully saturated rings. The number of nitro benzene ring substituents is 2. The summed E-state index contributed by atoms with van der Waals surface area (Å²) in [4.78, 5) is 20.3. The highest BCUT2D eigenvalue weighted by Gasteiger charge is 2.20. The van der Waals surface area contributed by atoms with Crippen LogP contribution < -0.4 is 10.1 Å². The summed E-state index contributed by atoms with van der Waals surface area (Å²) >= 11 is 0. The Hall–Kier alpha value is -3.36. The molecule has 0 saturated carbocycles. The minimum absolute atomic E-state index is 0.0241. The van der Waals surface area contributed by atoms with Crippen LogP contribution in [0.1, 0.15) is 0 Å². The van der Waals surface area contributed by atoms with E-state index in [0.717, 1.165) is 12.1 Å². The lowest BCUT2D eigenvalue weighted by atomic mass is 10.2. The van der Waals surface area contributed by atoms with E-state index in [0.29, 0.717) is 5.75 Å². The first-order valence-electron chi connectivity index (χ1n) is 5.99. The maximum absolute atomic E-state index is 11.0. The van der Waals surface area contributed by atoms with Gasteiger partial charge in [0.1, 0.15) is 17.2 Å². The highest BCUT2D eigenvalue weighted by Crippen LogP contribution is 2.35. The summed E-state index contributed by atoms with van der Waals surface area (Å²) in [6.07, 6.45) is 0. The number of anilines is 2. The molecular weight excluding hydrogens is 294 g/mol. The van der Waals surface area contributed by atoms with Crippen molar-refractivity contribution in [1.29, 1.82) is 0 Å². The van der Waals surface area contributed by atoms with Crippen LogP contribution in [0.5, 0.6) is 11.5 Å². The predicted molar refractivity (Wildman–Crippen MR) is 77.7 cm³/mol. The predicted octanol–water partition coefficient (Wildman–Crippen LogP) is 2.96. The van der Waals surface area contributed by atoms with Gasteiger partial charge in [-0.25, -0.2) is 0 Å². The second-order valence-corrected chi connectivity index (χ2v) is 4.22. The van der Waals surface area contributed by atoms with E-state index in [9.17, 15) is 25.3 Å². The van der Waals surface area contributed by atoms with Crippen molar-refractivity contribution in [3.8, 4) is 11.5 Å². The van der Waals surface area contributed by atoms with Gasteiger partial charge >= 0.3 is 0 Å². The summed E-state index contributed by atoms with van der Waals surface area (Å²) in [6.45, 7) is 0. The number of phenols is 1. The molecule has 0 saturated heterocycles. The van der Waals surface area contributed by atoms with Crippen LogP contribution in [0.15, 0.2) is 36.4 Å². The lowest BCUT2D eigenvalue weighted by Crippen LogP contribution is -1.99. The summed E-state index contributed by atoms with van der Waals surface area (Å²) in [5.41, 5.74) is -0.630. The van der Waals surface area contributed by atoms with E-state index in [1.807, 2.05) is 0 Å². The van der Waals surface area contributed by atoms with Gasteiger partial charge in [0.15, 0.2) is 0 Å². The summed E-state index contributed by atoms with van der Waals surface area (Å²) < 4.78 is 4.93. The van der Waals surface area contributed by atoms with Gasteiger partial charge in [0.25, 0.3) is 11.4 Å². The van der Waals surface area contributed by atoms with Gasteiger partial charge < -0.3 is 15.2 Å². The highest BCUT2D eigenvalue weighted by molar-refractivity contribution is 5.74. The number of rotatable bonds is 5. The molecule has 0 radical (unpaired) electrons. The molecule has 0 atom stereocenters. The summed E-state index contributed by atoms with van der Waals surface area (Å²) in [6, 6.07) is 7.55. The molecule has 2 aromatic carbocycles. The van der Waals surface area contributed by atoms with Crippen LogP contribution in [0.3, 0.4) is 0 Å². The van der Waals surface area contributed by atoms with Crippen molar-refractivity contribution >= 4 is 22.7 Å². The lowest BCUT2D eigenvalue weighted by molar-refractivity contribution is -0.393. The molecule has 0 aliphatic carbocycles. The average Bonchev–Trinajstić information content (AvgIpc) is 2.49. The van der Waals surface area contributed by atoms with Crippen molar-refractivity contribution in [1.82, 2.24) is 0 Å². The van der Waals surface area contributed by atoms with Crippen LogP contribution >= 0.6 is 0 Å².